The van der Waals surface area contributed by atoms with Crippen LogP contribution >= 0.6 is 0 Å². The lowest BCUT2D eigenvalue weighted by atomic mass is 10.1. The van der Waals surface area contributed by atoms with Gasteiger partial charge >= 0.3 is 5.97 Å². The third kappa shape index (κ3) is 2.43. The largest absolute Gasteiger partial charge is 0.481 e. The Bertz CT molecular complexity index is 101. The van der Waals surface area contributed by atoms with Gasteiger partial charge in [0, 0.05) is 0 Å². The van der Waals surface area contributed by atoms with Crippen LogP contribution in [-0.2, 0) is 4.79 Å². The highest BCUT2D eigenvalue weighted by molar-refractivity contribution is 5.70. The molecular weight excluding hydrogens is 124 g/mol. The van der Waals surface area contributed by atoms with E-state index in [0.29, 0.717) is 0 Å². The molecule has 0 spiro atoms. The van der Waals surface area contributed by atoms with Crippen molar-refractivity contribution in [1.29, 1.82) is 0 Å². The average molecular weight is 134 g/mol. The Hall–Kier alpha value is -0.610. The fourth-order valence-corrected chi connectivity index (χ4v) is 0.323. The molecule has 0 bridgehead atoms. The van der Waals surface area contributed by atoms with Crippen LogP contribution < -0.4 is 0 Å². The lowest BCUT2D eigenvalue weighted by Crippen LogP contribution is -2.28. The van der Waals surface area contributed by atoms with Crippen molar-refractivity contribution in [3.05, 3.63) is 0 Å². The fourth-order valence-electron chi connectivity index (χ4n) is 0.323. The van der Waals surface area contributed by atoms with Gasteiger partial charge in [-0.3, -0.25) is 4.79 Å². The molecule has 9 heavy (non-hydrogen) atoms. The van der Waals surface area contributed by atoms with Gasteiger partial charge in [0.2, 0.25) is 0 Å². The third-order valence-electron chi connectivity index (χ3n) is 1.15. The molecule has 0 saturated heterocycles. The van der Waals surface area contributed by atoms with Gasteiger partial charge < -0.3 is 15.3 Å². The van der Waals surface area contributed by atoms with E-state index in [0.717, 1.165) is 0 Å². The van der Waals surface area contributed by atoms with Crippen LogP contribution in [0.15, 0.2) is 0 Å². The lowest BCUT2D eigenvalue weighted by molar-refractivity contribution is -0.145. The highest BCUT2D eigenvalue weighted by Crippen LogP contribution is 2.00. The molecule has 0 rings (SSSR count). The summed E-state index contributed by atoms with van der Waals surface area (Å²) in [4.78, 5) is 10.0. The summed E-state index contributed by atoms with van der Waals surface area (Å²) in [6.07, 6.45) is -1.15. The summed E-state index contributed by atoms with van der Waals surface area (Å²) in [5.74, 6) is -1.99. The molecule has 2 atom stereocenters. The molecule has 0 aliphatic rings. The van der Waals surface area contributed by atoms with Gasteiger partial charge in [0.25, 0.3) is 0 Å². The lowest BCUT2D eigenvalue weighted by Gasteiger charge is -2.10. The molecule has 0 saturated carbocycles. The number of hydrogen-bond acceptors (Lipinski definition) is 3. The number of hydrogen-bond donors (Lipinski definition) is 3. The standard InChI is InChI=1S/C5H10O4/c1-3(5(8)9)4(7)2-6/h3-4,6-7H,2H2,1H3,(H,8,9)/t3-,4?/m0/s1. The molecule has 0 aromatic heterocycles. The molecule has 0 aliphatic carbocycles. The Morgan fingerprint density at radius 2 is 2.11 bits per heavy atom. The Balaban J connectivity index is 3.72. The molecule has 0 amide bonds. The molecular formula is C5H10O4. The second kappa shape index (κ2) is 3.42. The maximum Gasteiger partial charge on any atom is 0.308 e. The number of aliphatic hydroxyl groups excluding tert-OH is 2. The van der Waals surface area contributed by atoms with Gasteiger partial charge in [0.15, 0.2) is 0 Å². The van der Waals surface area contributed by atoms with Crippen LogP contribution in [0.1, 0.15) is 6.92 Å². The first-order valence-corrected chi connectivity index (χ1v) is 2.61. The molecule has 1 unspecified atom stereocenters. The first kappa shape index (κ1) is 8.39. The van der Waals surface area contributed by atoms with Crippen molar-refractivity contribution in [1.82, 2.24) is 0 Å². The number of aliphatic carboxylic acids is 1. The van der Waals surface area contributed by atoms with Gasteiger partial charge in [-0.05, 0) is 6.92 Å². The van der Waals surface area contributed by atoms with E-state index in [4.69, 9.17) is 15.3 Å². The van der Waals surface area contributed by atoms with Crippen molar-refractivity contribution in [2.24, 2.45) is 5.92 Å². The Labute approximate surface area is 52.7 Å². The van der Waals surface area contributed by atoms with Crippen molar-refractivity contribution in [3.63, 3.8) is 0 Å². The quantitative estimate of drug-likeness (QED) is 0.465. The highest BCUT2D eigenvalue weighted by atomic mass is 16.4. The second-order valence-electron chi connectivity index (χ2n) is 1.88. The number of aliphatic hydroxyl groups is 2. The first-order chi connectivity index (χ1) is 4.09. The van der Waals surface area contributed by atoms with Crippen molar-refractivity contribution in [2.45, 2.75) is 13.0 Å². The van der Waals surface area contributed by atoms with E-state index in [9.17, 15) is 4.79 Å². The van der Waals surface area contributed by atoms with Gasteiger partial charge in [-0.1, -0.05) is 0 Å². The van der Waals surface area contributed by atoms with E-state index in [-0.39, 0.29) is 0 Å². The maximum absolute atomic E-state index is 10.0. The summed E-state index contributed by atoms with van der Waals surface area (Å²) in [6.45, 7) is 0.830. The maximum atomic E-state index is 10.0. The summed E-state index contributed by atoms with van der Waals surface area (Å²) in [5.41, 5.74) is 0. The minimum Gasteiger partial charge on any atom is -0.481 e. The predicted molar refractivity (Wildman–Crippen MR) is 29.9 cm³/mol. The SMILES string of the molecule is C[C@H](C(=O)O)C(O)CO. The van der Waals surface area contributed by atoms with Crippen LogP contribution in [0.2, 0.25) is 0 Å². The molecule has 0 heterocycles. The molecule has 0 aromatic carbocycles. The van der Waals surface area contributed by atoms with Gasteiger partial charge in [-0.25, -0.2) is 0 Å². The molecule has 0 aliphatic heterocycles. The highest BCUT2D eigenvalue weighted by Gasteiger charge is 2.19. The van der Waals surface area contributed by atoms with Crippen molar-refractivity contribution in [3.8, 4) is 0 Å². The van der Waals surface area contributed by atoms with E-state index < -0.39 is 24.6 Å². The summed E-state index contributed by atoms with van der Waals surface area (Å²) < 4.78 is 0. The van der Waals surface area contributed by atoms with E-state index in [1.54, 1.807) is 0 Å². The number of carbonyl (C=O) groups is 1. The summed E-state index contributed by atoms with van der Waals surface area (Å²) in [5, 5.41) is 25.1. The number of rotatable bonds is 3. The van der Waals surface area contributed by atoms with Crippen LogP contribution in [0.25, 0.3) is 0 Å². The summed E-state index contributed by atoms with van der Waals surface area (Å²) in [6, 6.07) is 0. The smallest absolute Gasteiger partial charge is 0.308 e. The molecule has 0 fully saturated rings. The van der Waals surface area contributed by atoms with E-state index in [1.807, 2.05) is 0 Å². The molecule has 0 radical (unpaired) electrons. The fraction of sp³-hybridized carbons (Fsp3) is 0.800. The third-order valence-corrected chi connectivity index (χ3v) is 1.15. The predicted octanol–water partition coefficient (Wildman–Crippen LogP) is -0.940. The van der Waals surface area contributed by atoms with Gasteiger partial charge in [-0.2, -0.15) is 0 Å². The summed E-state index contributed by atoms with van der Waals surface area (Å²) >= 11 is 0. The Morgan fingerprint density at radius 1 is 1.67 bits per heavy atom. The van der Waals surface area contributed by atoms with Crippen LogP contribution in [0.3, 0.4) is 0 Å². The number of carboxylic acids is 1. The van der Waals surface area contributed by atoms with Crippen LogP contribution in [0.5, 0.6) is 0 Å². The van der Waals surface area contributed by atoms with E-state index in [1.165, 1.54) is 6.92 Å². The van der Waals surface area contributed by atoms with Crippen LogP contribution in [0.4, 0.5) is 0 Å². The van der Waals surface area contributed by atoms with Crippen molar-refractivity contribution in [2.75, 3.05) is 6.61 Å². The zero-order valence-electron chi connectivity index (χ0n) is 5.11. The first-order valence-electron chi connectivity index (χ1n) is 2.61. The molecule has 4 heteroatoms. The van der Waals surface area contributed by atoms with Crippen LogP contribution in [0, 0.1) is 5.92 Å². The van der Waals surface area contributed by atoms with E-state index in [2.05, 4.69) is 0 Å². The average Bonchev–Trinajstić information content (AvgIpc) is 1.84. The van der Waals surface area contributed by atoms with Crippen molar-refractivity contribution >= 4 is 5.97 Å². The minimum atomic E-state index is -1.15. The molecule has 4 nitrogen and oxygen atoms in total. The zero-order chi connectivity index (χ0) is 7.44. The van der Waals surface area contributed by atoms with Gasteiger partial charge in [-0.15, -0.1) is 0 Å². The minimum absolute atomic E-state index is 0.506. The topological polar surface area (TPSA) is 77.8 Å². The Morgan fingerprint density at radius 3 is 2.22 bits per heavy atom. The molecule has 54 valence electrons. The summed E-state index contributed by atoms with van der Waals surface area (Å²) in [7, 11) is 0. The zero-order valence-corrected chi connectivity index (χ0v) is 5.11. The molecule has 3 N–H and O–H groups in total. The normalized spacial score (nSPS) is 16.8. The van der Waals surface area contributed by atoms with Gasteiger partial charge in [0.05, 0.1) is 18.6 Å². The number of carboxylic acid groups (broad SMARTS) is 1. The van der Waals surface area contributed by atoms with Crippen LogP contribution in [-0.4, -0.2) is 34.0 Å². The van der Waals surface area contributed by atoms with Crippen molar-refractivity contribution < 1.29 is 20.1 Å². The van der Waals surface area contributed by atoms with Gasteiger partial charge in [0.1, 0.15) is 0 Å². The Kier molecular flexibility index (Phi) is 3.19. The monoisotopic (exact) mass is 134 g/mol. The molecule has 0 aromatic rings. The van der Waals surface area contributed by atoms with E-state index >= 15 is 0 Å². The second-order valence-corrected chi connectivity index (χ2v) is 1.88.